The number of nitrogens with one attached hydrogen (secondary N) is 1. The molecule has 2 atom stereocenters. The van der Waals surface area contributed by atoms with E-state index in [0.29, 0.717) is 18.4 Å². The van der Waals surface area contributed by atoms with Crippen LogP contribution in [0.1, 0.15) is 31.6 Å². The Morgan fingerprint density at radius 3 is 2.74 bits per heavy atom. The summed E-state index contributed by atoms with van der Waals surface area (Å²) in [6, 6.07) is 0. The maximum Gasteiger partial charge on any atom is 0.330 e. The molecule has 2 N–H and O–H groups in total. The van der Waals surface area contributed by atoms with Crippen LogP contribution in [0.5, 0.6) is 0 Å². The molecule has 1 aliphatic rings. The van der Waals surface area contributed by atoms with E-state index in [9.17, 15) is 14.7 Å². The topological polar surface area (TPSA) is 84.3 Å². The summed E-state index contributed by atoms with van der Waals surface area (Å²) in [6.07, 6.45) is 2.39. The van der Waals surface area contributed by atoms with E-state index in [-0.39, 0.29) is 12.2 Å². The molecule has 108 valence electrons. The summed E-state index contributed by atoms with van der Waals surface area (Å²) in [7, 11) is 0. The number of halogens is 1. The van der Waals surface area contributed by atoms with E-state index in [1.54, 1.807) is 13.8 Å². The lowest BCUT2D eigenvalue weighted by atomic mass is 10.0. The van der Waals surface area contributed by atoms with Gasteiger partial charge in [0.2, 0.25) is 0 Å². The number of ether oxygens (including phenoxy) is 1. The highest BCUT2D eigenvalue weighted by Crippen LogP contribution is 2.34. The molecule has 1 saturated heterocycles. The van der Waals surface area contributed by atoms with Crippen molar-refractivity contribution in [3.8, 4) is 0 Å². The zero-order chi connectivity index (χ0) is 14.6. The number of hydrogen-bond donors (Lipinski definition) is 2. The summed E-state index contributed by atoms with van der Waals surface area (Å²) in [4.78, 5) is 25.1. The monoisotopic (exact) mass is 334 g/mol. The van der Waals surface area contributed by atoms with Crippen molar-refractivity contribution < 1.29 is 9.84 Å². The lowest BCUT2D eigenvalue weighted by molar-refractivity contribution is -0.0882. The predicted molar refractivity (Wildman–Crippen MR) is 75.8 cm³/mol. The summed E-state index contributed by atoms with van der Waals surface area (Å²) >= 11 is 2.94. The summed E-state index contributed by atoms with van der Waals surface area (Å²) in [5.41, 5.74) is -0.999. The largest absolute Gasteiger partial charge is 0.393 e. The van der Waals surface area contributed by atoms with Crippen LogP contribution in [0.3, 0.4) is 0 Å². The summed E-state index contributed by atoms with van der Waals surface area (Å²) < 4.78 is 7.02. The Bertz CT molecular complexity index is 539. The minimum Gasteiger partial charge on any atom is -0.393 e. The molecule has 0 spiro atoms. The number of hydrogen-bond acceptors (Lipinski definition) is 4. The molecule has 1 unspecified atom stereocenters. The van der Waals surface area contributed by atoms with Crippen molar-refractivity contribution >= 4 is 15.9 Å². The third-order valence-electron chi connectivity index (χ3n) is 3.13. The Morgan fingerprint density at radius 1 is 1.58 bits per heavy atom. The van der Waals surface area contributed by atoms with Crippen molar-refractivity contribution in [2.24, 2.45) is 0 Å². The first kappa shape index (κ1) is 16.1. The Balaban J connectivity index is 0.000000861. The summed E-state index contributed by atoms with van der Waals surface area (Å²) in [6.45, 7) is 3.35. The average molecular weight is 335 g/mol. The molecule has 1 aliphatic heterocycles. The van der Waals surface area contributed by atoms with Crippen LogP contribution >= 0.6 is 15.9 Å². The van der Waals surface area contributed by atoms with Crippen molar-refractivity contribution in [2.75, 3.05) is 12.4 Å². The average Bonchev–Trinajstić information content (AvgIpc) is 2.80. The molecule has 2 rings (SSSR count). The number of H-pyrrole nitrogens is 1. The standard InChI is InChI=1S/C11H16N2O4.CH3Br/c1-7-5-13(10(16)12-9(7)15)8-3-4-11(2,6-14)17-8;1-2/h5,8,14H,3-4,6H2,1-2H3,(H,12,15,16);1H3/t8?,11-;/m0./s1. The molecule has 0 saturated carbocycles. The molecule has 1 fully saturated rings. The minimum absolute atomic E-state index is 0.0828. The first-order valence-electron chi connectivity index (χ1n) is 5.94. The Kier molecular flexibility index (Phi) is 5.51. The third kappa shape index (κ3) is 3.55. The second-order valence-electron chi connectivity index (χ2n) is 4.70. The third-order valence-corrected chi connectivity index (χ3v) is 3.13. The molecule has 19 heavy (non-hydrogen) atoms. The lowest BCUT2D eigenvalue weighted by Gasteiger charge is -2.22. The minimum atomic E-state index is -0.603. The number of alkyl halides is 1. The lowest BCUT2D eigenvalue weighted by Crippen LogP contribution is -2.35. The fourth-order valence-electron chi connectivity index (χ4n) is 1.99. The maximum atomic E-state index is 11.6. The highest BCUT2D eigenvalue weighted by atomic mass is 79.9. The predicted octanol–water partition coefficient (Wildman–Crippen LogP) is 0.916. The highest BCUT2D eigenvalue weighted by Gasteiger charge is 2.36. The first-order valence-corrected chi connectivity index (χ1v) is 7.52. The maximum absolute atomic E-state index is 11.6. The van der Waals surface area contributed by atoms with Crippen molar-refractivity contribution in [1.29, 1.82) is 0 Å². The molecule has 0 aliphatic carbocycles. The number of aryl methyl sites for hydroxylation is 1. The number of aliphatic hydroxyl groups excluding tert-OH is 1. The number of aromatic nitrogens is 2. The highest BCUT2D eigenvalue weighted by molar-refractivity contribution is 9.08. The van der Waals surface area contributed by atoms with Crippen molar-refractivity contribution in [3.05, 3.63) is 32.6 Å². The SMILES string of the molecule is CBr.Cc1cn(C2CC[C@@](C)(CO)O2)c(=O)[nH]c1=O. The van der Waals surface area contributed by atoms with Crippen molar-refractivity contribution in [1.82, 2.24) is 9.55 Å². The van der Waals surface area contributed by atoms with Crippen LogP contribution < -0.4 is 11.2 Å². The van der Waals surface area contributed by atoms with Gasteiger partial charge in [0.25, 0.3) is 5.56 Å². The van der Waals surface area contributed by atoms with Crippen molar-refractivity contribution in [2.45, 2.75) is 38.5 Å². The fraction of sp³-hybridized carbons (Fsp3) is 0.667. The van der Waals surface area contributed by atoms with E-state index in [0.717, 1.165) is 0 Å². The Labute approximate surface area is 119 Å². The fourth-order valence-corrected chi connectivity index (χ4v) is 1.99. The van der Waals surface area contributed by atoms with Crippen LogP contribution in [-0.2, 0) is 4.74 Å². The molecule has 1 aromatic heterocycles. The number of nitrogens with zero attached hydrogens (tertiary/aromatic N) is 1. The second kappa shape index (κ2) is 6.49. The van der Waals surface area contributed by atoms with Gasteiger partial charge in [0, 0.05) is 11.8 Å². The number of aliphatic hydroxyl groups is 1. The van der Waals surface area contributed by atoms with Gasteiger partial charge in [0.05, 0.1) is 12.2 Å². The van der Waals surface area contributed by atoms with Gasteiger partial charge in [-0.15, -0.1) is 0 Å². The van der Waals surface area contributed by atoms with Gasteiger partial charge in [-0.1, -0.05) is 15.9 Å². The number of aromatic amines is 1. The van der Waals surface area contributed by atoms with Gasteiger partial charge in [-0.3, -0.25) is 14.3 Å². The quantitative estimate of drug-likeness (QED) is 0.787. The smallest absolute Gasteiger partial charge is 0.330 e. The van der Waals surface area contributed by atoms with E-state index in [4.69, 9.17) is 4.74 Å². The normalized spacial score (nSPS) is 25.8. The van der Waals surface area contributed by atoms with Crippen molar-refractivity contribution in [3.63, 3.8) is 0 Å². The number of rotatable bonds is 2. The summed E-state index contributed by atoms with van der Waals surface area (Å²) in [5.74, 6) is 1.81. The van der Waals surface area contributed by atoms with Gasteiger partial charge < -0.3 is 9.84 Å². The Morgan fingerprint density at radius 2 is 2.21 bits per heavy atom. The molecular weight excluding hydrogens is 316 g/mol. The van der Waals surface area contributed by atoms with Crippen LogP contribution in [0.15, 0.2) is 15.8 Å². The molecule has 0 radical (unpaired) electrons. The molecule has 6 nitrogen and oxygen atoms in total. The second-order valence-corrected chi connectivity index (χ2v) is 4.70. The molecule has 0 bridgehead atoms. The van der Waals surface area contributed by atoms with Crippen LogP contribution in [0.2, 0.25) is 0 Å². The molecule has 2 heterocycles. The molecule has 1 aromatic rings. The van der Waals surface area contributed by atoms with Gasteiger partial charge in [-0.2, -0.15) is 0 Å². The van der Waals surface area contributed by atoms with Gasteiger partial charge in [0.15, 0.2) is 0 Å². The van der Waals surface area contributed by atoms with Gasteiger partial charge in [-0.25, -0.2) is 4.79 Å². The van der Waals surface area contributed by atoms with Crippen LogP contribution in [0, 0.1) is 6.92 Å². The van der Waals surface area contributed by atoms with E-state index in [1.165, 1.54) is 10.8 Å². The first-order chi connectivity index (χ1) is 8.95. The van der Waals surface area contributed by atoms with E-state index >= 15 is 0 Å². The van der Waals surface area contributed by atoms with Crippen LogP contribution in [-0.4, -0.2) is 32.7 Å². The van der Waals surface area contributed by atoms with E-state index < -0.39 is 17.5 Å². The van der Waals surface area contributed by atoms with Crippen LogP contribution in [0.25, 0.3) is 0 Å². The molecule has 7 heteroatoms. The molecule has 0 amide bonds. The molecule has 0 aromatic carbocycles. The van der Waals surface area contributed by atoms with Gasteiger partial charge in [-0.05, 0) is 32.5 Å². The van der Waals surface area contributed by atoms with Gasteiger partial charge >= 0.3 is 5.69 Å². The molecular formula is C12H19BrN2O4. The van der Waals surface area contributed by atoms with Crippen LogP contribution in [0.4, 0.5) is 0 Å². The zero-order valence-corrected chi connectivity index (χ0v) is 12.9. The zero-order valence-electron chi connectivity index (χ0n) is 11.3. The van der Waals surface area contributed by atoms with E-state index in [1.807, 2.05) is 5.83 Å². The van der Waals surface area contributed by atoms with E-state index in [2.05, 4.69) is 20.9 Å². The summed E-state index contributed by atoms with van der Waals surface area (Å²) in [5, 5.41) is 9.19. The Hall–Kier alpha value is -0.920. The van der Waals surface area contributed by atoms with Gasteiger partial charge in [0.1, 0.15) is 6.23 Å².